The molecule has 0 aliphatic rings. The molecule has 2 rings (SSSR count). The van der Waals surface area contributed by atoms with Crippen molar-refractivity contribution in [3.63, 3.8) is 0 Å². The number of amides is 1. The molecule has 88 valence electrons. The first-order valence-corrected chi connectivity index (χ1v) is 5.95. The highest BCUT2D eigenvalue weighted by Gasteiger charge is 2.10. The third kappa shape index (κ3) is 2.86. The number of carbonyl (C=O) groups is 1. The molecule has 0 aromatic carbocycles. The van der Waals surface area contributed by atoms with Crippen molar-refractivity contribution in [3.05, 3.63) is 40.1 Å². The number of nitrogens with one attached hydrogen (secondary N) is 1. The van der Waals surface area contributed by atoms with E-state index in [9.17, 15) is 4.79 Å². The van der Waals surface area contributed by atoms with Gasteiger partial charge in [0.25, 0.3) is 5.91 Å². The van der Waals surface area contributed by atoms with Gasteiger partial charge in [-0.05, 0) is 19.1 Å². The van der Waals surface area contributed by atoms with Gasteiger partial charge in [0.15, 0.2) is 0 Å². The van der Waals surface area contributed by atoms with Crippen LogP contribution in [-0.4, -0.2) is 15.9 Å². The second-order valence-corrected chi connectivity index (χ2v) is 4.42. The van der Waals surface area contributed by atoms with Gasteiger partial charge in [-0.3, -0.25) is 9.78 Å². The zero-order valence-corrected chi connectivity index (χ0v) is 10.1. The SMILES string of the molecule is Cc1ccc(NC(=O)c2csc(CN)n2)cn1. The van der Waals surface area contributed by atoms with Crippen LogP contribution in [0.3, 0.4) is 0 Å². The molecule has 1 amide bonds. The van der Waals surface area contributed by atoms with Gasteiger partial charge in [-0.15, -0.1) is 11.3 Å². The fraction of sp³-hybridized carbons (Fsp3) is 0.182. The topological polar surface area (TPSA) is 80.9 Å². The number of aryl methyl sites for hydroxylation is 1. The molecule has 0 unspecified atom stereocenters. The van der Waals surface area contributed by atoms with Crippen LogP contribution in [0.5, 0.6) is 0 Å². The highest BCUT2D eigenvalue weighted by atomic mass is 32.1. The molecule has 0 saturated heterocycles. The zero-order valence-electron chi connectivity index (χ0n) is 9.30. The molecule has 0 aliphatic heterocycles. The third-order valence-corrected chi connectivity index (χ3v) is 3.00. The molecule has 0 bridgehead atoms. The van der Waals surface area contributed by atoms with Crippen LogP contribution < -0.4 is 11.1 Å². The fourth-order valence-electron chi connectivity index (χ4n) is 1.25. The van der Waals surface area contributed by atoms with Crippen LogP contribution in [0.2, 0.25) is 0 Å². The number of rotatable bonds is 3. The monoisotopic (exact) mass is 248 g/mol. The molecule has 3 N–H and O–H groups in total. The maximum absolute atomic E-state index is 11.8. The molecule has 0 spiro atoms. The molecule has 2 aromatic heterocycles. The summed E-state index contributed by atoms with van der Waals surface area (Å²) in [6, 6.07) is 3.64. The van der Waals surface area contributed by atoms with Crippen LogP contribution in [0.25, 0.3) is 0 Å². The maximum atomic E-state index is 11.8. The number of nitrogens with two attached hydrogens (primary N) is 1. The summed E-state index contributed by atoms with van der Waals surface area (Å²) < 4.78 is 0. The van der Waals surface area contributed by atoms with Crippen molar-refractivity contribution in [2.45, 2.75) is 13.5 Å². The number of nitrogens with zero attached hydrogens (tertiary/aromatic N) is 2. The summed E-state index contributed by atoms with van der Waals surface area (Å²) in [5, 5.41) is 5.17. The molecule has 5 nitrogen and oxygen atoms in total. The molecule has 0 aliphatic carbocycles. The fourth-order valence-corrected chi connectivity index (χ4v) is 1.90. The normalized spacial score (nSPS) is 10.2. The first-order valence-electron chi connectivity index (χ1n) is 5.07. The second-order valence-electron chi connectivity index (χ2n) is 3.47. The van der Waals surface area contributed by atoms with Crippen molar-refractivity contribution in [1.82, 2.24) is 9.97 Å². The number of hydrogen-bond donors (Lipinski definition) is 2. The van der Waals surface area contributed by atoms with Gasteiger partial charge >= 0.3 is 0 Å². The van der Waals surface area contributed by atoms with Gasteiger partial charge in [0.05, 0.1) is 11.9 Å². The van der Waals surface area contributed by atoms with E-state index in [0.29, 0.717) is 17.9 Å². The molecule has 0 fully saturated rings. The number of thiazole rings is 1. The van der Waals surface area contributed by atoms with Gasteiger partial charge in [0.1, 0.15) is 10.7 Å². The maximum Gasteiger partial charge on any atom is 0.275 e. The van der Waals surface area contributed by atoms with Gasteiger partial charge in [-0.25, -0.2) is 4.98 Å². The van der Waals surface area contributed by atoms with Gasteiger partial charge in [-0.2, -0.15) is 0 Å². The van der Waals surface area contributed by atoms with E-state index in [1.54, 1.807) is 17.6 Å². The molecule has 2 aromatic rings. The minimum atomic E-state index is -0.244. The summed E-state index contributed by atoms with van der Waals surface area (Å²) in [5.41, 5.74) is 7.38. The van der Waals surface area contributed by atoms with Crippen molar-refractivity contribution >= 4 is 22.9 Å². The molecule has 6 heteroatoms. The van der Waals surface area contributed by atoms with Crippen LogP contribution in [0, 0.1) is 6.92 Å². The zero-order chi connectivity index (χ0) is 12.3. The molecule has 0 saturated carbocycles. The Morgan fingerprint density at radius 1 is 1.53 bits per heavy atom. The molecule has 0 radical (unpaired) electrons. The third-order valence-electron chi connectivity index (χ3n) is 2.13. The average molecular weight is 248 g/mol. The Bertz CT molecular complexity index is 521. The minimum Gasteiger partial charge on any atom is -0.325 e. The highest BCUT2D eigenvalue weighted by Crippen LogP contribution is 2.12. The molecule has 2 heterocycles. The van der Waals surface area contributed by atoms with Crippen molar-refractivity contribution in [1.29, 1.82) is 0 Å². The second kappa shape index (κ2) is 5.03. The summed E-state index contributed by atoms with van der Waals surface area (Å²) >= 11 is 1.38. The van der Waals surface area contributed by atoms with E-state index >= 15 is 0 Å². The number of hydrogen-bond acceptors (Lipinski definition) is 5. The number of carbonyl (C=O) groups excluding carboxylic acids is 1. The van der Waals surface area contributed by atoms with Crippen LogP contribution in [0.1, 0.15) is 21.2 Å². The van der Waals surface area contributed by atoms with Gasteiger partial charge < -0.3 is 11.1 Å². The lowest BCUT2D eigenvalue weighted by Gasteiger charge is -2.02. The number of pyridine rings is 1. The van der Waals surface area contributed by atoms with E-state index in [0.717, 1.165) is 10.7 Å². The molecule has 0 atom stereocenters. The predicted octanol–water partition coefficient (Wildman–Crippen LogP) is 1.56. The van der Waals surface area contributed by atoms with Crippen molar-refractivity contribution in [3.8, 4) is 0 Å². The van der Waals surface area contributed by atoms with E-state index in [-0.39, 0.29) is 5.91 Å². The van der Waals surface area contributed by atoms with Crippen molar-refractivity contribution in [2.24, 2.45) is 5.73 Å². The van der Waals surface area contributed by atoms with Crippen LogP contribution in [0.4, 0.5) is 5.69 Å². The smallest absolute Gasteiger partial charge is 0.275 e. The van der Waals surface area contributed by atoms with Gasteiger partial charge in [-0.1, -0.05) is 0 Å². The predicted molar refractivity (Wildman–Crippen MR) is 66.9 cm³/mol. The first-order chi connectivity index (χ1) is 8.19. The van der Waals surface area contributed by atoms with E-state index in [1.165, 1.54) is 11.3 Å². The Morgan fingerprint density at radius 2 is 2.35 bits per heavy atom. The van der Waals surface area contributed by atoms with Crippen LogP contribution in [0.15, 0.2) is 23.7 Å². The summed E-state index contributed by atoms with van der Waals surface area (Å²) in [7, 11) is 0. The van der Waals surface area contributed by atoms with E-state index in [2.05, 4.69) is 15.3 Å². The Hall–Kier alpha value is -1.79. The molecular formula is C11H12N4OS. The lowest BCUT2D eigenvalue weighted by molar-refractivity contribution is 0.102. The lowest BCUT2D eigenvalue weighted by atomic mass is 10.3. The summed E-state index contributed by atoms with van der Waals surface area (Å²) in [4.78, 5) is 20.0. The number of aromatic nitrogens is 2. The quantitative estimate of drug-likeness (QED) is 0.863. The molecule has 17 heavy (non-hydrogen) atoms. The van der Waals surface area contributed by atoms with E-state index < -0.39 is 0 Å². The Labute approximate surface area is 103 Å². The standard InChI is InChI=1S/C11H12N4OS/c1-7-2-3-8(5-13-7)14-11(16)9-6-17-10(4-12)15-9/h2-3,5-6H,4,12H2,1H3,(H,14,16). The Kier molecular flexibility index (Phi) is 3.46. The Morgan fingerprint density at radius 3 is 2.94 bits per heavy atom. The summed E-state index contributed by atoms with van der Waals surface area (Å²) in [6.45, 7) is 2.24. The van der Waals surface area contributed by atoms with Gasteiger partial charge in [0.2, 0.25) is 0 Å². The summed E-state index contributed by atoms with van der Waals surface area (Å²) in [5.74, 6) is -0.244. The number of anilines is 1. The van der Waals surface area contributed by atoms with Crippen molar-refractivity contribution in [2.75, 3.05) is 5.32 Å². The Balaban J connectivity index is 2.08. The largest absolute Gasteiger partial charge is 0.325 e. The lowest BCUT2D eigenvalue weighted by Crippen LogP contribution is -2.12. The van der Waals surface area contributed by atoms with E-state index in [4.69, 9.17) is 5.73 Å². The average Bonchev–Trinajstić information content (AvgIpc) is 2.81. The summed E-state index contributed by atoms with van der Waals surface area (Å²) in [6.07, 6.45) is 1.61. The van der Waals surface area contributed by atoms with E-state index in [1.807, 2.05) is 13.0 Å². The van der Waals surface area contributed by atoms with Crippen molar-refractivity contribution < 1.29 is 4.79 Å². The highest BCUT2D eigenvalue weighted by molar-refractivity contribution is 7.09. The van der Waals surface area contributed by atoms with Crippen LogP contribution in [-0.2, 0) is 6.54 Å². The minimum absolute atomic E-state index is 0.244. The van der Waals surface area contributed by atoms with Gasteiger partial charge in [0, 0.05) is 17.6 Å². The first kappa shape index (κ1) is 11.7. The molecular weight excluding hydrogens is 236 g/mol. The van der Waals surface area contributed by atoms with Crippen LogP contribution >= 0.6 is 11.3 Å².